The van der Waals surface area contributed by atoms with Crippen molar-refractivity contribution in [1.82, 2.24) is 9.78 Å². The highest BCUT2D eigenvalue weighted by Gasteiger charge is 2.26. The van der Waals surface area contributed by atoms with Crippen LogP contribution in [0.3, 0.4) is 0 Å². The Hall–Kier alpha value is -3.97. The lowest BCUT2D eigenvalue weighted by Gasteiger charge is -2.04. The molecular formula is C25H19N3O. The molecule has 29 heavy (non-hydrogen) atoms. The molecule has 0 aliphatic heterocycles. The molecule has 4 heteroatoms. The molecule has 0 spiro atoms. The quantitative estimate of drug-likeness (QED) is 0.456. The minimum absolute atomic E-state index is 0.209. The van der Waals surface area contributed by atoms with E-state index in [4.69, 9.17) is 0 Å². The second-order valence-electron chi connectivity index (χ2n) is 6.99. The zero-order valence-electron chi connectivity index (χ0n) is 16.3. The summed E-state index contributed by atoms with van der Waals surface area (Å²) in [5, 5.41) is 14.6. The predicted octanol–water partition coefficient (Wildman–Crippen LogP) is 5.26. The number of benzene rings is 3. The molecule has 0 aliphatic rings. The highest BCUT2D eigenvalue weighted by atomic mass is 16.1. The highest BCUT2D eigenvalue weighted by molar-refractivity contribution is 6.13. The maximum atomic E-state index is 13.4. The number of hydrogen-bond acceptors (Lipinski definition) is 3. The Kier molecular flexibility index (Phi) is 4.80. The first-order chi connectivity index (χ1) is 14.1. The summed E-state index contributed by atoms with van der Waals surface area (Å²) >= 11 is 0. The van der Waals surface area contributed by atoms with Gasteiger partial charge in [0.2, 0.25) is 0 Å². The Balaban J connectivity index is 1.97. The van der Waals surface area contributed by atoms with Gasteiger partial charge in [-0.05, 0) is 26.0 Å². The molecule has 0 unspecified atom stereocenters. The Bertz CT molecular complexity index is 1210. The van der Waals surface area contributed by atoms with Gasteiger partial charge < -0.3 is 0 Å². The third kappa shape index (κ3) is 3.46. The fourth-order valence-electron chi connectivity index (χ4n) is 3.26. The van der Waals surface area contributed by atoms with Crippen molar-refractivity contribution in [3.8, 4) is 23.0 Å². The number of carbonyl (C=O) groups excluding carboxylic acids is 1. The minimum Gasteiger partial charge on any atom is -0.288 e. The third-order valence-electron chi connectivity index (χ3n) is 4.86. The van der Waals surface area contributed by atoms with Gasteiger partial charge in [0.25, 0.3) is 0 Å². The Morgan fingerprint density at radius 3 is 2.03 bits per heavy atom. The van der Waals surface area contributed by atoms with E-state index in [1.807, 2.05) is 80.6 Å². The molecule has 0 fully saturated rings. The molecule has 0 atom stereocenters. The van der Waals surface area contributed by atoms with Crippen molar-refractivity contribution >= 4 is 5.78 Å². The van der Waals surface area contributed by atoms with E-state index in [0.717, 1.165) is 22.4 Å². The van der Waals surface area contributed by atoms with Crippen LogP contribution in [0.1, 0.15) is 32.7 Å². The van der Waals surface area contributed by atoms with Crippen LogP contribution < -0.4 is 0 Å². The lowest BCUT2D eigenvalue weighted by atomic mass is 9.97. The zero-order valence-corrected chi connectivity index (χ0v) is 16.3. The molecular weight excluding hydrogens is 358 g/mol. The molecule has 0 amide bonds. The first-order valence-electron chi connectivity index (χ1n) is 9.35. The smallest absolute Gasteiger partial charge is 0.198 e. The summed E-state index contributed by atoms with van der Waals surface area (Å²) in [6.07, 6.45) is 0. The normalized spacial score (nSPS) is 10.5. The summed E-state index contributed by atoms with van der Waals surface area (Å²) in [6, 6.07) is 26.8. The van der Waals surface area contributed by atoms with E-state index in [9.17, 15) is 10.1 Å². The average molecular weight is 377 g/mol. The van der Waals surface area contributed by atoms with E-state index in [2.05, 4.69) is 11.2 Å². The van der Waals surface area contributed by atoms with Crippen molar-refractivity contribution in [2.75, 3.05) is 0 Å². The molecule has 0 saturated carbocycles. The van der Waals surface area contributed by atoms with Crippen molar-refractivity contribution in [3.05, 3.63) is 107 Å². The van der Waals surface area contributed by atoms with Gasteiger partial charge in [-0.15, -0.1) is 0 Å². The lowest BCUT2D eigenvalue weighted by molar-refractivity contribution is 0.103. The molecule has 0 saturated heterocycles. The average Bonchev–Trinajstić information content (AvgIpc) is 3.14. The number of aromatic nitrogens is 2. The molecule has 4 nitrogen and oxygen atoms in total. The monoisotopic (exact) mass is 377 g/mol. The SMILES string of the molecule is Cc1ccc(C(=O)c2c(-c3ccc(C)cc3)nn(-c3ccccc3)c2C#N)cc1. The number of para-hydroxylation sites is 1. The van der Waals surface area contributed by atoms with E-state index >= 15 is 0 Å². The lowest BCUT2D eigenvalue weighted by Crippen LogP contribution is -2.06. The zero-order chi connectivity index (χ0) is 20.4. The topological polar surface area (TPSA) is 58.7 Å². The van der Waals surface area contributed by atoms with Gasteiger partial charge in [0.15, 0.2) is 11.5 Å². The molecule has 0 N–H and O–H groups in total. The van der Waals surface area contributed by atoms with Gasteiger partial charge in [0.1, 0.15) is 11.8 Å². The number of carbonyl (C=O) groups is 1. The van der Waals surface area contributed by atoms with Crippen LogP contribution in [0.15, 0.2) is 78.9 Å². The van der Waals surface area contributed by atoms with Crippen LogP contribution in [0.4, 0.5) is 0 Å². The Morgan fingerprint density at radius 2 is 1.45 bits per heavy atom. The van der Waals surface area contributed by atoms with Gasteiger partial charge in [-0.25, -0.2) is 4.68 Å². The van der Waals surface area contributed by atoms with Crippen LogP contribution in [-0.4, -0.2) is 15.6 Å². The van der Waals surface area contributed by atoms with E-state index in [1.165, 1.54) is 0 Å². The fourth-order valence-corrected chi connectivity index (χ4v) is 3.26. The number of nitrogens with zero attached hydrogens (tertiary/aromatic N) is 3. The molecule has 4 rings (SSSR count). The van der Waals surface area contributed by atoms with Gasteiger partial charge >= 0.3 is 0 Å². The largest absolute Gasteiger partial charge is 0.288 e. The van der Waals surface area contributed by atoms with Gasteiger partial charge in [-0.2, -0.15) is 10.4 Å². The van der Waals surface area contributed by atoms with E-state index in [-0.39, 0.29) is 11.5 Å². The summed E-state index contributed by atoms with van der Waals surface area (Å²) in [4.78, 5) is 13.4. The summed E-state index contributed by atoms with van der Waals surface area (Å²) < 4.78 is 1.55. The summed E-state index contributed by atoms with van der Waals surface area (Å²) in [7, 11) is 0. The summed E-state index contributed by atoms with van der Waals surface area (Å²) in [5.74, 6) is -0.209. The number of ketones is 1. The van der Waals surface area contributed by atoms with E-state index in [0.29, 0.717) is 16.8 Å². The highest BCUT2D eigenvalue weighted by Crippen LogP contribution is 2.30. The molecule has 1 aromatic heterocycles. The minimum atomic E-state index is -0.209. The van der Waals surface area contributed by atoms with Gasteiger partial charge in [0.05, 0.1) is 11.3 Å². The van der Waals surface area contributed by atoms with Crippen LogP contribution in [-0.2, 0) is 0 Å². The van der Waals surface area contributed by atoms with Crippen molar-refractivity contribution in [2.24, 2.45) is 0 Å². The summed E-state index contributed by atoms with van der Waals surface area (Å²) in [5.41, 5.74) is 5.33. The van der Waals surface area contributed by atoms with E-state index < -0.39 is 0 Å². The fraction of sp³-hybridized carbons (Fsp3) is 0.0800. The molecule has 4 aromatic rings. The standard InChI is InChI=1S/C25H19N3O/c1-17-8-12-19(13-9-17)24-23(25(29)20-14-10-18(2)11-15-20)22(16-26)28(27-24)21-6-4-3-5-7-21/h3-15H,1-2H3. The van der Waals surface area contributed by atoms with Crippen LogP contribution >= 0.6 is 0 Å². The predicted molar refractivity (Wildman–Crippen MR) is 113 cm³/mol. The molecule has 0 bridgehead atoms. The Morgan fingerprint density at radius 1 is 0.862 bits per heavy atom. The van der Waals surface area contributed by atoms with Crippen LogP contribution in [0.5, 0.6) is 0 Å². The van der Waals surface area contributed by atoms with Crippen LogP contribution in [0, 0.1) is 25.2 Å². The second-order valence-corrected chi connectivity index (χ2v) is 6.99. The number of nitriles is 1. The Labute approximate surface area is 169 Å². The molecule has 1 heterocycles. The molecule has 0 aliphatic carbocycles. The number of rotatable bonds is 4. The van der Waals surface area contributed by atoms with Crippen molar-refractivity contribution in [2.45, 2.75) is 13.8 Å². The summed E-state index contributed by atoms with van der Waals surface area (Å²) in [6.45, 7) is 3.98. The molecule has 0 radical (unpaired) electrons. The second kappa shape index (κ2) is 7.57. The number of aryl methyl sites for hydroxylation is 2. The van der Waals surface area contributed by atoms with Crippen LogP contribution in [0.25, 0.3) is 16.9 Å². The molecule has 3 aromatic carbocycles. The van der Waals surface area contributed by atoms with Gasteiger partial charge in [-0.3, -0.25) is 4.79 Å². The van der Waals surface area contributed by atoms with Crippen molar-refractivity contribution < 1.29 is 4.79 Å². The maximum Gasteiger partial charge on any atom is 0.198 e. The van der Waals surface area contributed by atoms with Gasteiger partial charge in [0, 0.05) is 11.1 Å². The number of hydrogen-bond donors (Lipinski definition) is 0. The first kappa shape index (κ1) is 18.4. The first-order valence-corrected chi connectivity index (χ1v) is 9.35. The van der Waals surface area contributed by atoms with E-state index in [1.54, 1.807) is 16.8 Å². The molecule has 140 valence electrons. The van der Waals surface area contributed by atoms with Gasteiger partial charge in [-0.1, -0.05) is 77.9 Å². The maximum absolute atomic E-state index is 13.4. The van der Waals surface area contributed by atoms with Crippen LogP contribution in [0.2, 0.25) is 0 Å². The van der Waals surface area contributed by atoms with Crippen molar-refractivity contribution in [3.63, 3.8) is 0 Å². The third-order valence-corrected chi connectivity index (χ3v) is 4.86. The van der Waals surface area contributed by atoms with Crippen molar-refractivity contribution in [1.29, 1.82) is 5.26 Å².